The molecule has 6 nitrogen and oxygen atoms in total. The molecule has 3 aromatic heterocycles. The average molecular weight is 296 g/mol. The number of aromatic nitrogens is 5. The second kappa shape index (κ2) is 6.09. The second-order valence-electron chi connectivity index (χ2n) is 5.77. The smallest absolute Gasteiger partial charge is 0.157 e. The third-order valence-corrected chi connectivity index (χ3v) is 3.50. The van der Waals surface area contributed by atoms with Gasteiger partial charge in [0.1, 0.15) is 5.82 Å². The van der Waals surface area contributed by atoms with Gasteiger partial charge in [-0.3, -0.25) is 9.97 Å². The van der Waals surface area contributed by atoms with Crippen molar-refractivity contribution >= 4 is 11.5 Å². The molecule has 3 rings (SSSR count). The molecule has 22 heavy (non-hydrogen) atoms. The zero-order valence-corrected chi connectivity index (χ0v) is 13.1. The Kier molecular flexibility index (Phi) is 4.00. The van der Waals surface area contributed by atoms with Crippen LogP contribution < -0.4 is 5.32 Å². The first-order valence-electron chi connectivity index (χ1n) is 7.49. The van der Waals surface area contributed by atoms with Gasteiger partial charge in [-0.25, -0.2) is 4.98 Å². The van der Waals surface area contributed by atoms with Crippen LogP contribution >= 0.6 is 0 Å². The zero-order chi connectivity index (χ0) is 15.5. The molecule has 1 unspecified atom stereocenters. The van der Waals surface area contributed by atoms with Crippen LogP contribution in [0.3, 0.4) is 0 Å². The van der Waals surface area contributed by atoms with Gasteiger partial charge in [0.15, 0.2) is 5.65 Å². The first-order valence-corrected chi connectivity index (χ1v) is 7.49. The maximum absolute atomic E-state index is 4.62. The summed E-state index contributed by atoms with van der Waals surface area (Å²) in [6.07, 6.45) is 7.78. The minimum absolute atomic E-state index is 0.214. The monoisotopic (exact) mass is 296 g/mol. The van der Waals surface area contributed by atoms with E-state index < -0.39 is 0 Å². The lowest BCUT2D eigenvalue weighted by Gasteiger charge is -2.17. The van der Waals surface area contributed by atoms with E-state index in [1.54, 1.807) is 24.8 Å². The number of rotatable bonds is 5. The number of nitrogens with zero attached hydrogens (tertiary/aromatic N) is 5. The molecule has 0 radical (unpaired) electrons. The lowest BCUT2D eigenvalue weighted by molar-refractivity contribution is 0.744. The van der Waals surface area contributed by atoms with Crippen LogP contribution in [0.4, 0.5) is 5.82 Å². The number of nitrogens with one attached hydrogen (secondary N) is 1. The van der Waals surface area contributed by atoms with Gasteiger partial charge in [0.2, 0.25) is 0 Å². The van der Waals surface area contributed by atoms with Gasteiger partial charge in [-0.15, -0.1) is 0 Å². The number of anilines is 1. The third kappa shape index (κ3) is 3.05. The predicted molar refractivity (Wildman–Crippen MR) is 85.9 cm³/mol. The second-order valence-corrected chi connectivity index (χ2v) is 5.77. The molecule has 0 saturated carbocycles. The van der Waals surface area contributed by atoms with Crippen molar-refractivity contribution in [1.82, 2.24) is 24.6 Å². The van der Waals surface area contributed by atoms with Gasteiger partial charge >= 0.3 is 0 Å². The SMILES string of the molecule is CC(Cc1cnccn1)Nc1cc(C(C)C)nc2ccnn12. The fraction of sp³-hybridized carbons (Fsp3) is 0.375. The minimum Gasteiger partial charge on any atom is -0.367 e. The first kappa shape index (κ1) is 14.4. The molecule has 0 aromatic carbocycles. The van der Waals surface area contributed by atoms with Crippen LogP contribution in [-0.4, -0.2) is 30.6 Å². The van der Waals surface area contributed by atoms with Crippen LogP contribution in [-0.2, 0) is 6.42 Å². The molecule has 114 valence electrons. The summed E-state index contributed by atoms with van der Waals surface area (Å²) in [5.41, 5.74) is 2.89. The van der Waals surface area contributed by atoms with E-state index in [0.29, 0.717) is 5.92 Å². The van der Waals surface area contributed by atoms with E-state index in [4.69, 9.17) is 0 Å². The molecule has 3 aromatic rings. The highest BCUT2D eigenvalue weighted by Gasteiger charge is 2.12. The molecule has 0 spiro atoms. The largest absolute Gasteiger partial charge is 0.367 e. The maximum Gasteiger partial charge on any atom is 0.157 e. The van der Waals surface area contributed by atoms with Gasteiger partial charge in [-0.1, -0.05) is 13.8 Å². The van der Waals surface area contributed by atoms with Crippen molar-refractivity contribution in [2.45, 2.75) is 39.2 Å². The Balaban J connectivity index is 1.84. The van der Waals surface area contributed by atoms with Gasteiger partial charge in [-0.2, -0.15) is 9.61 Å². The molecular formula is C16H20N6. The summed E-state index contributed by atoms with van der Waals surface area (Å²) in [4.78, 5) is 13.1. The highest BCUT2D eigenvalue weighted by Crippen LogP contribution is 2.19. The van der Waals surface area contributed by atoms with Crippen molar-refractivity contribution < 1.29 is 0 Å². The van der Waals surface area contributed by atoms with Gasteiger partial charge in [0, 0.05) is 48.9 Å². The molecule has 1 atom stereocenters. The topological polar surface area (TPSA) is 68.0 Å². The maximum atomic E-state index is 4.62. The van der Waals surface area contributed by atoms with Crippen molar-refractivity contribution in [3.05, 3.63) is 48.3 Å². The molecule has 1 N–H and O–H groups in total. The lowest BCUT2D eigenvalue weighted by Crippen LogP contribution is -2.21. The van der Waals surface area contributed by atoms with Gasteiger partial charge in [0.05, 0.1) is 11.9 Å². The number of hydrogen-bond acceptors (Lipinski definition) is 5. The van der Waals surface area contributed by atoms with E-state index in [9.17, 15) is 0 Å². The summed E-state index contributed by atoms with van der Waals surface area (Å²) in [6.45, 7) is 6.41. The third-order valence-electron chi connectivity index (χ3n) is 3.50. The van der Waals surface area contributed by atoms with Crippen LogP contribution in [0.5, 0.6) is 0 Å². The molecule has 0 bridgehead atoms. The molecule has 6 heteroatoms. The van der Waals surface area contributed by atoms with Gasteiger partial charge in [0.25, 0.3) is 0 Å². The van der Waals surface area contributed by atoms with Gasteiger partial charge < -0.3 is 5.32 Å². The fourth-order valence-electron chi connectivity index (χ4n) is 2.38. The van der Waals surface area contributed by atoms with E-state index >= 15 is 0 Å². The van der Waals surface area contributed by atoms with Crippen molar-refractivity contribution in [1.29, 1.82) is 0 Å². The van der Waals surface area contributed by atoms with Crippen LogP contribution in [0.25, 0.3) is 5.65 Å². The summed E-state index contributed by atoms with van der Waals surface area (Å²) in [6, 6.07) is 4.20. The van der Waals surface area contributed by atoms with Gasteiger partial charge in [-0.05, 0) is 12.8 Å². The number of fused-ring (bicyclic) bond motifs is 1. The Morgan fingerprint density at radius 3 is 2.77 bits per heavy atom. The van der Waals surface area contributed by atoms with E-state index in [1.807, 2.05) is 10.6 Å². The van der Waals surface area contributed by atoms with Crippen molar-refractivity contribution in [3.63, 3.8) is 0 Å². The standard InChI is InChI=1S/C16H20N6/c1-11(2)14-9-16(22-15(21-14)4-5-19-22)20-12(3)8-13-10-17-6-7-18-13/h4-7,9-12,20H,8H2,1-3H3. The van der Waals surface area contributed by atoms with E-state index in [2.05, 4.69) is 52.2 Å². The van der Waals surface area contributed by atoms with E-state index in [-0.39, 0.29) is 6.04 Å². The van der Waals surface area contributed by atoms with E-state index in [1.165, 1.54) is 0 Å². The average Bonchev–Trinajstić information content (AvgIpc) is 2.96. The van der Waals surface area contributed by atoms with Crippen LogP contribution in [0.15, 0.2) is 36.9 Å². The highest BCUT2D eigenvalue weighted by atomic mass is 15.3. The molecule has 0 saturated heterocycles. The highest BCUT2D eigenvalue weighted by molar-refractivity contribution is 5.50. The van der Waals surface area contributed by atoms with E-state index in [0.717, 1.165) is 29.3 Å². The molecule has 0 aliphatic rings. The Bertz CT molecular complexity index is 750. The summed E-state index contributed by atoms with van der Waals surface area (Å²) >= 11 is 0. The predicted octanol–water partition coefficient (Wildman–Crippen LogP) is 2.69. The molecule has 0 fully saturated rings. The van der Waals surface area contributed by atoms with Crippen LogP contribution in [0.1, 0.15) is 38.1 Å². The first-order chi connectivity index (χ1) is 10.6. The minimum atomic E-state index is 0.214. The Hall–Kier alpha value is -2.50. The summed E-state index contributed by atoms with van der Waals surface area (Å²) < 4.78 is 1.83. The molecule has 0 amide bonds. The fourth-order valence-corrected chi connectivity index (χ4v) is 2.38. The Morgan fingerprint density at radius 2 is 2.05 bits per heavy atom. The summed E-state index contributed by atoms with van der Waals surface area (Å²) in [5, 5.41) is 7.85. The summed E-state index contributed by atoms with van der Waals surface area (Å²) in [7, 11) is 0. The van der Waals surface area contributed by atoms with Crippen molar-refractivity contribution in [3.8, 4) is 0 Å². The normalized spacial score (nSPS) is 12.7. The lowest BCUT2D eigenvalue weighted by atomic mass is 10.1. The molecule has 0 aliphatic heterocycles. The van der Waals surface area contributed by atoms with Crippen molar-refractivity contribution in [2.75, 3.05) is 5.32 Å². The Labute approximate surface area is 129 Å². The van der Waals surface area contributed by atoms with Crippen LogP contribution in [0.2, 0.25) is 0 Å². The molecular weight excluding hydrogens is 276 g/mol. The molecule has 0 aliphatic carbocycles. The quantitative estimate of drug-likeness (QED) is 0.784. The Morgan fingerprint density at radius 1 is 1.18 bits per heavy atom. The summed E-state index contributed by atoms with van der Waals surface area (Å²) in [5.74, 6) is 1.32. The van der Waals surface area contributed by atoms with Crippen molar-refractivity contribution in [2.24, 2.45) is 0 Å². The van der Waals surface area contributed by atoms with Crippen LogP contribution in [0, 0.1) is 0 Å². The number of hydrogen-bond donors (Lipinski definition) is 1. The zero-order valence-electron chi connectivity index (χ0n) is 13.1. The molecule has 3 heterocycles.